The fourth-order valence-corrected chi connectivity index (χ4v) is 3.50. The molecule has 0 bridgehead atoms. The molecule has 4 nitrogen and oxygen atoms in total. The van der Waals surface area contributed by atoms with Crippen molar-refractivity contribution in [2.75, 3.05) is 7.11 Å². The molecule has 1 aromatic heterocycles. The third kappa shape index (κ3) is 3.25. The van der Waals surface area contributed by atoms with Crippen LogP contribution in [0.2, 0.25) is 0 Å². The number of rotatable bonds is 3. The highest BCUT2D eigenvalue weighted by Crippen LogP contribution is 2.44. The summed E-state index contributed by atoms with van der Waals surface area (Å²) in [6.07, 6.45) is 3.57. The number of carbonyl (C=O) groups excluding carboxylic acids is 1. The van der Waals surface area contributed by atoms with E-state index in [2.05, 4.69) is 41.2 Å². The number of hydrogen-bond acceptors (Lipinski definition) is 4. The lowest BCUT2D eigenvalue weighted by atomic mass is 9.73. The van der Waals surface area contributed by atoms with E-state index < -0.39 is 5.92 Å². The van der Waals surface area contributed by atoms with E-state index in [9.17, 15) is 4.79 Å². The summed E-state index contributed by atoms with van der Waals surface area (Å²) < 4.78 is 5.10. The van der Waals surface area contributed by atoms with Gasteiger partial charge in [0, 0.05) is 29.7 Å². The molecule has 2 heterocycles. The number of carbonyl (C=O) groups is 1. The fraction of sp³-hybridized carbons (Fsp3) is 0.286. The van der Waals surface area contributed by atoms with Crippen LogP contribution in [0.25, 0.3) is 5.57 Å². The van der Waals surface area contributed by atoms with Gasteiger partial charge < -0.3 is 4.74 Å². The summed E-state index contributed by atoms with van der Waals surface area (Å²) in [4.78, 5) is 21.5. The molecule has 0 saturated heterocycles. The monoisotopic (exact) mass is 334 g/mol. The van der Waals surface area contributed by atoms with Crippen LogP contribution in [-0.2, 0) is 9.53 Å². The predicted molar refractivity (Wildman–Crippen MR) is 99.4 cm³/mol. The van der Waals surface area contributed by atoms with Crippen LogP contribution < -0.4 is 0 Å². The maximum atomic E-state index is 12.6. The van der Waals surface area contributed by atoms with Crippen molar-refractivity contribution in [2.45, 2.75) is 26.7 Å². The van der Waals surface area contributed by atoms with Gasteiger partial charge in [-0.3, -0.25) is 14.8 Å². The normalized spacial score (nSPS) is 20.2. The van der Waals surface area contributed by atoms with E-state index in [1.807, 2.05) is 32.2 Å². The number of benzene rings is 1. The molecule has 0 N–H and O–H groups in total. The summed E-state index contributed by atoms with van der Waals surface area (Å²) in [5, 5.41) is 0. The Morgan fingerprint density at radius 1 is 1.08 bits per heavy atom. The molecule has 1 aliphatic heterocycles. The second-order valence-electron chi connectivity index (χ2n) is 6.38. The molecular formula is C21H22N2O2. The number of aromatic nitrogens is 1. The van der Waals surface area contributed by atoms with Gasteiger partial charge in [0.05, 0.1) is 7.11 Å². The van der Waals surface area contributed by atoms with Gasteiger partial charge in [-0.05, 0) is 43.5 Å². The number of ether oxygens (including phenoxy) is 1. The molecule has 128 valence electrons. The van der Waals surface area contributed by atoms with E-state index in [0.29, 0.717) is 0 Å². The highest BCUT2D eigenvalue weighted by molar-refractivity contribution is 6.06. The van der Waals surface area contributed by atoms with Crippen LogP contribution in [0.3, 0.4) is 0 Å². The predicted octanol–water partition coefficient (Wildman–Crippen LogP) is 4.17. The maximum absolute atomic E-state index is 12.6. The van der Waals surface area contributed by atoms with Crippen molar-refractivity contribution in [1.82, 2.24) is 4.98 Å². The Morgan fingerprint density at radius 3 is 2.40 bits per heavy atom. The van der Waals surface area contributed by atoms with Crippen molar-refractivity contribution < 1.29 is 9.53 Å². The van der Waals surface area contributed by atoms with Crippen LogP contribution in [0.15, 0.2) is 59.5 Å². The number of methoxy groups -OCH3 is 1. The van der Waals surface area contributed by atoms with Gasteiger partial charge in [-0.15, -0.1) is 0 Å². The van der Waals surface area contributed by atoms with Gasteiger partial charge in [-0.2, -0.15) is 0 Å². The summed E-state index contributed by atoms with van der Waals surface area (Å²) in [5.41, 5.74) is 5.96. The third-order valence-corrected chi connectivity index (χ3v) is 4.69. The van der Waals surface area contributed by atoms with E-state index >= 15 is 0 Å². The minimum atomic E-state index is -0.438. The topological polar surface area (TPSA) is 51.5 Å². The van der Waals surface area contributed by atoms with Crippen LogP contribution in [0, 0.1) is 12.8 Å². The quantitative estimate of drug-likeness (QED) is 0.792. The first kappa shape index (κ1) is 17.1. The van der Waals surface area contributed by atoms with Gasteiger partial charge in [0.1, 0.15) is 5.92 Å². The van der Waals surface area contributed by atoms with Gasteiger partial charge in [-0.1, -0.05) is 35.9 Å². The lowest BCUT2D eigenvalue weighted by Gasteiger charge is -2.32. The smallest absolute Gasteiger partial charge is 0.315 e. The van der Waals surface area contributed by atoms with Crippen molar-refractivity contribution >= 4 is 17.3 Å². The molecule has 0 amide bonds. The largest absolute Gasteiger partial charge is 0.468 e. The Kier molecular flexibility index (Phi) is 4.79. The van der Waals surface area contributed by atoms with Crippen LogP contribution in [0.5, 0.6) is 0 Å². The molecule has 4 heteroatoms. The molecule has 0 spiro atoms. The zero-order valence-corrected chi connectivity index (χ0v) is 15.0. The average Bonchev–Trinajstić information content (AvgIpc) is 2.62. The number of aryl methyl sites for hydroxylation is 1. The molecule has 0 aliphatic carbocycles. The minimum Gasteiger partial charge on any atom is -0.468 e. The van der Waals surface area contributed by atoms with E-state index in [-0.39, 0.29) is 11.9 Å². The number of esters is 1. The second-order valence-corrected chi connectivity index (χ2v) is 6.38. The van der Waals surface area contributed by atoms with Crippen molar-refractivity contribution in [3.05, 3.63) is 71.2 Å². The summed E-state index contributed by atoms with van der Waals surface area (Å²) >= 11 is 0. The number of aliphatic imine (C=N–C) groups is 1. The zero-order chi connectivity index (χ0) is 18.0. The van der Waals surface area contributed by atoms with E-state index in [0.717, 1.165) is 28.1 Å². The molecular weight excluding hydrogens is 312 g/mol. The van der Waals surface area contributed by atoms with Gasteiger partial charge in [0.25, 0.3) is 0 Å². The molecule has 0 radical (unpaired) electrons. The van der Waals surface area contributed by atoms with Crippen LogP contribution in [-0.4, -0.2) is 23.8 Å². The van der Waals surface area contributed by atoms with Crippen LogP contribution in [0.1, 0.15) is 36.5 Å². The Labute approximate surface area is 148 Å². The number of nitrogens with zero attached hydrogens (tertiary/aromatic N) is 2. The fourth-order valence-electron chi connectivity index (χ4n) is 3.50. The molecule has 2 aromatic rings. The Hall–Kier alpha value is -2.75. The van der Waals surface area contributed by atoms with Crippen LogP contribution >= 0.6 is 0 Å². The van der Waals surface area contributed by atoms with Crippen molar-refractivity contribution in [2.24, 2.45) is 10.9 Å². The SMILES string of the molecule is COC(=O)C1C(C)=NC(C)=C(c2cccnc2)C1c1ccc(C)cc1. The van der Waals surface area contributed by atoms with Gasteiger partial charge in [-0.25, -0.2) is 0 Å². The molecule has 1 aliphatic rings. The zero-order valence-electron chi connectivity index (χ0n) is 15.0. The molecule has 2 atom stereocenters. The standard InChI is InChI=1S/C21H22N2O2/c1-13-7-9-16(10-8-13)20-18(17-6-5-11-22-12-17)14(2)23-15(3)19(20)21(24)25-4/h5-12,19-20H,1-4H3. The van der Waals surface area contributed by atoms with E-state index in [1.165, 1.54) is 12.7 Å². The molecule has 1 aromatic carbocycles. The third-order valence-electron chi connectivity index (χ3n) is 4.69. The Morgan fingerprint density at radius 2 is 1.80 bits per heavy atom. The van der Waals surface area contributed by atoms with Crippen molar-refractivity contribution in [1.29, 1.82) is 0 Å². The average molecular weight is 334 g/mol. The number of allylic oxidation sites excluding steroid dienone is 2. The highest BCUT2D eigenvalue weighted by atomic mass is 16.5. The number of pyridine rings is 1. The maximum Gasteiger partial charge on any atom is 0.315 e. The highest BCUT2D eigenvalue weighted by Gasteiger charge is 2.39. The minimum absolute atomic E-state index is 0.144. The molecule has 3 rings (SSSR count). The Bertz CT molecular complexity index is 836. The first-order valence-electron chi connectivity index (χ1n) is 8.33. The van der Waals surface area contributed by atoms with E-state index in [1.54, 1.807) is 6.20 Å². The van der Waals surface area contributed by atoms with Crippen molar-refractivity contribution in [3.8, 4) is 0 Å². The lowest BCUT2D eigenvalue weighted by molar-refractivity contribution is -0.143. The molecule has 0 saturated carbocycles. The molecule has 2 unspecified atom stereocenters. The summed E-state index contributed by atoms with van der Waals surface area (Å²) in [7, 11) is 1.43. The molecule has 0 fully saturated rings. The molecule has 25 heavy (non-hydrogen) atoms. The van der Waals surface area contributed by atoms with Gasteiger partial charge in [0.15, 0.2) is 0 Å². The van der Waals surface area contributed by atoms with Gasteiger partial charge in [0.2, 0.25) is 0 Å². The first-order chi connectivity index (χ1) is 12.0. The summed E-state index contributed by atoms with van der Waals surface area (Å²) in [6, 6.07) is 12.2. The van der Waals surface area contributed by atoms with E-state index in [4.69, 9.17) is 4.74 Å². The first-order valence-corrected chi connectivity index (χ1v) is 8.33. The van der Waals surface area contributed by atoms with Crippen LogP contribution in [0.4, 0.5) is 0 Å². The van der Waals surface area contributed by atoms with Crippen molar-refractivity contribution in [3.63, 3.8) is 0 Å². The number of hydrogen-bond donors (Lipinski definition) is 0. The second kappa shape index (κ2) is 7.01. The summed E-state index contributed by atoms with van der Waals surface area (Å²) in [6.45, 7) is 5.94. The van der Waals surface area contributed by atoms with Gasteiger partial charge >= 0.3 is 5.97 Å². The summed E-state index contributed by atoms with van der Waals surface area (Å²) in [5.74, 6) is -0.845. The lowest BCUT2D eigenvalue weighted by Crippen LogP contribution is -2.33. The Balaban J connectivity index is 2.22.